The molecule has 90 valence electrons. The van der Waals surface area contributed by atoms with E-state index in [9.17, 15) is 4.91 Å². The van der Waals surface area contributed by atoms with E-state index in [1.807, 2.05) is 42.5 Å². The van der Waals surface area contributed by atoms with Crippen LogP contribution in [-0.4, -0.2) is 0 Å². The largest absolute Gasteiger partial charge is 1.00 e. The lowest BCUT2D eigenvalue weighted by Gasteiger charge is -1.99. The van der Waals surface area contributed by atoms with Crippen LogP contribution in [0, 0.1) is 4.91 Å². The molecule has 0 atom stereocenters. The fourth-order valence-corrected chi connectivity index (χ4v) is 1.37. The van der Waals surface area contributed by atoms with Gasteiger partial charge < -0.3 is 24.8 Å². The van der Waals surface area contributed by atoms with Gasteiger partial charge in [0, 0.05) is 12.1 Å². The third-order valence-electron chi connectivity index (χ3n) is 2.13. The van der Waals surface area contributed by atoms with Crippen LogP contribution >= 0.6 is 0 Å². The van der Waals surface area contributed by atoms with Crippen molar-refractivity contribution in [1.29, 1.82) is 0 Å². The van der Waals surface area contributed by atoms with Crippen molar-refractivity contribution in [3.63, 3.8) is 0 Å². The molecule has 2 aromatic rings. The number of rotatable bonds is 3. The van der Waals surface area contributed by atoms with Gasteiger partial charge in [0.15, 0.2) is 0 Å². The van der Waals surface area contributed by atoms with Crippen LogP contribution in [0.1, 0.15) is 0 Å². The first-order valence-corrected chi connectivity index (χ1v) is 4.72. The summed E-state index contributed by atoms with van der Waals surface area (Å²) in [5.74, 6) is 0. The smallest absolute Gasteiger partial charge is 0.134 e. The highest BCUT2D eigenvalue weighted by Gasteiger charge is 1.99. The van der Waals surface area contributed by atoms with Gasteiger partial charge in [-0.2, -0.15) is 0 Å². The maximum Gasteiger partial charge on any atom is 0.134 e. The minimum absolute atomic E-state index is 0. The number of halogens is 2. The minimum atomic E-state index is 0. The second-order valence-corrected chi connectivity index (χ2v) is 3.24. The van der Waals surface area contributed by atoms with E-state index in [0.29, 0.717) is 5.69 Å². The van der Waals surface area contributed by atoms with Gasteiger partial charge in [0.2, 0.25) is 0 Å². The van der Waals surface area contributed by atoms with Gasteiger partial charge >= 0.3 is 0 Å². The second-order valence-electron chi connectivity index (χ2n) is 3.24. The number of para-hydroxylation sites is 1. The number of nitrogens with zero attached hydrogens (tertiary/aromatic N) is 1. The van der Waals surface area contributed by atoms with Crippen LogP contribution in [0.15, 0.2) is 59.8 Å². The van der Waals surface area contributed by atoms with Crippen molar-refractivity contribution >= 4 is 17.1 Å². The number of hydrogen-bond acceptors (Lipinski definition) is 2. The second kappa shape index (κ2) is 7.79. The molecule has 0 spiro atoms. The van der Waals surface area contributed by atoms with Gasteiger partial charge in [0.05, 0.1) is 0 Å². The number of hydrogen-bond donors (Lipinski definition) is 1. The molecule has 2 aromatic carbocycles. The first kappa shape index (κ1) is 15.6. The van der Waals surface area contributed by atoms with Gasteiger partial charge in [-0.3, -0.25) is 5.32 Å². The van der Waals surface area contributed by atoms with Crippen LogP contribution in [0.25, 0.3) is 0 Å². The van der Waals surface area contributed by atoms with Gasteiger partial charge in [-0.05, 0) is 29.4 Å². The van der Waals surface area contributed by atoms with E-state index in [-0.39, 0.29) is 24.8 Å². The molecule has 0 aliphatic carbocycles. The molecule has 0 heterocycles. The van der Waals surface area contributed by atoms with Crippen molar-refractivity contribution in [3.05, 3.63) is 59.5 Å². The van der Waals surface area contributed by atoms with E-state index in [4.69, 9.17) is 0 Å². The highest BCUT2D eigenvalue weighted by atomic mass is 35.5. The summed E-state index contributed by atoms with van der Waals surface area (Å²) in [6.07, 6.45) is 0. The van der Waals surface area contributed by atoms with Crippen LogP contribution in [0.4, 0.5) is 17.1 Å². The Morgan fingerprint density at radius 3 is 1.82 bits per heavy atom. The third-order valence-corrected chi connectivity index (χ3v) is 2.13. The maximum atomic E-state index is 10.2. The monoisotopic (exact) mass is 269 g/mol. The Kier molecular flexibility index (Phi) is 7.14. The molecule has 2 N–H and O–H groups in total. The number of quaternary nitrogens is 1. The fraction of sp³-hybridized carbons (Fsp3) is 0. The van der Waals surface area contributed by atoms with Gasteiger partial charge in [-0.15, -0.1) is 4.91 Å². The third kappa shape index (κ3) is 4.53. The quantitative estimate of drug-likeness (QED) is 0.459. The van der Waals surface area contributed by atoms with Gasteiger partial charge in [0.25, 0.3) is 0 Å². The van der Waals surface area contributed by atoms with E-state index in [0.717, 1.165) is 11.4 Å². The molecule has 2 rings (SSSR count). The predicted molar refractivity (Wildman–Crippen MR) is 59.6 cm³/mol. The molecule has 0 aliphatic rings. The molecular formula is C12H11Cl2N2O-. The van der Waals surface area contributed by atoms with Crippen molar-refractivity contribution in [3.8, 4) is 0 Å². The molecule has 0 aromatic heterocycles. The molecular weight excluding hydrogens is 259 g/mol. The number of nitrogens with two attached hydrogens (primary N) is 1. The SMILES string of the molecule is O=Nc1ccc([NH2+]c2ccccc2)cc1.[Cl-].[Cl-]. The lowest BCUT2D eigenvalue weighted by Crippen LogP contribution is -3.00. The summed E-state index contributed by atoms with van der Waals surface area (Å²) in [4.78, 5) is 10.2. The molecule has 0 unspecified atom stereocenters. The zero-order chi connectivity index (χ0) is 10.5. The van der Waals surface area contributed by atoms with E-state index in [1.54, 1.807) is 12.1 Å². The van der Waals surface area contributed by atoms with Crippen LogP contribution in [-0.2, 0) is 0 Å². The summed E-state index contributed by atoms with van der Waals surface area (Å²) in [7, 11) is 0. The molecule has 0 bridgehead atoms. The summed E-state index contributed by atoms with van der Waals surface area (Å²) in [5.41, 5.74) is 2.66. The normalized spacial score (nSPS) is 8.71. The Labute approximate surface area is 112 Å². The van der Waals surface area contributed by atoms with Crippen LogP contribution in [0.5, 0.6) is 0 Å². The van der Waals surface area contributed by atoms with Gasteiger partial charge in [0.1, 0.15) is 17.1 Å². The van der Waals surface area contributed by atoms with E-state index < -0.39 is 0 Å². The summed E-state index contributed by atoms with van der Waals surface area (Å²) in [6.45, 7) is 0. The number of benzene rings is 2. The standard InChI is InChI=1S/C12H10N2O.2ClH/c15-14-12-8-6-11(7-9-12)13-10-4-2-1-3-5-10;;/h1-9,13H;2*1H/p-1. The van der Waals surface area contributed by atoms with Crippen molar-refractivity contribution in [2.75, 3.05) is 0 Å². The Balaban J connectivity index is 0.00000128. The van der Waals surface area contributed by atoms with E-state index in [2.05, 4.69) is 10.5 Å². The molecule has 0 radical (unpaired) electrons. The van der Waals surface area contributed by atoms with Crippen molar-refractivity contribution in [2.24, 2.45) is 5.18 Å². The Morgan fingerprint density at radius 2 is 1.29 bits per heavy atom. The lowest BCUT2D eigenvalue weighted by atomic mass is 10.2. The molecule has 17 heavy (non-hydrogen) atoms. The Morgan fingerprint density at radius 1 is 0.765 bits per heavy atom. The van der Waals surface area contributed by atoms with E-state index >= 15 is 0 Å². The first-order chi connectivity index (χ1) is 7.38. The Hall–Kier alpha value is -1.42. The van der Waals surface area contributed by atoms with Gasteiger partial charge in [-0.1, -0.05) is 18.2 Å². The minimum Gasteiger partial charge on any atom is -1.00 e. The first-order valence-electron chi connectivity index (χ1n) is 4.72. The Bertz CT molecular complexity index is 446. The number of nitroso groups, excluding NO2 is 1. The molecule has 0 fully saturated rings. The molecule has 0 saturated heterocycles. The molecule has 0 aliphatic heterocycles. The average Bonchev–Trinajstić information content (AvgIpc) is 2.31. The summed E-state index contributed by atoms with van der Waals surface area (Å²) in [6, 6.07) is 17.2. The van der Waals surface area contributed by atoms with E-state index in [1.165, 1.54) is 0 Å². The molecule has 3 nitrogen and oxygen atoms in total. The summed E-state index contributed by atoms with van der Waals surface area (Å²) >= 11 is 0. The topological polar surface area (TPSA) is 46.0 Å². The average molecular weight is 270 g/mol. The van der Waals surface area contributed by atoms with Crippen LogP contribution < -0.4 is 30.1 Å². The highest BCUT2D eigenvalue weighted by Crippen LogP contribution is 2.13. The van der Waals surface area contributed by atoms with Crippen molar-refractivity contribution in [2.45, 2.75) is 0 Å². The molecule has 0 saturated carbocycles. The zero-order valence-electron chi connectivity index (χ0n) is 8.88. The predicted octanol–water partition coefficient (Wildman–Crippen LogP) is -3.38. The lowest BCUT2D eigenvalue weighted by molar-refractivity contribution is -0.478. The fourth-order valence-electron chi connectivity index (χ4n) is 1.37. The molecule has 0 amide bonds. The summed E-state index contributed by atoms with van der Waals surface area (Å²) in [5, 5.41) is 4.91. The van der Waals surface area contributed by atoms with Crippen molar-refractivity contribution < 1.29 is 30.1 Å². The highest BCUT2D eigenvalue weighted by molar-refractivity contribution is 5.44. The van der Waals surface area contributed by atoms with Crippen LogP contribution in [0.2, 0.25) is 0 Å². The maximum absolute atomic E-state index is 10.2. The zero-order valence-corrected chi connectivity index (χ0v) is 10.4. The summed E-state index contributed by atoms with van der Waals surface area (Å²) < 4.78 is 0. The molecule has 5 heteroatoms. The van der Waals surface area contributed by atoms with Crippen LogP contribution in [0.3, 0.4) is 0 Å². The van der Waals surface area contributed by atoms with Gasteiger partial charge in [-0.25, -0.2) is 0 Å². The van der Waals surface area contributed by atoms with Crippen molar-refractivity contribution in [1.82, 2.24) is 0 Å².